The van der Waals surface area contributed by atoms with E-state index in [-0.39, 0.29) is 48.3 Å². The minimum absolute atomic E-state index is 0.200. The summed E-state index contributed by atoms with van der Waals surface area (Å²) in [7, 11) is 0. The van der Waals surface area contributed by atoms with E-state index in [1.807, 2.05) is 135 Å². The van der Waals surface area contributed by atoms with E-state index >= 15 is 0 Å². The summed E-state index contributed by atoms with van der Waals surface area (Å²) in [4.78, 5) is 53.7. The smallest absolute Gasteiger partial charge is 0.224 e. The van der Waals surface area contributed by atoms with Crippen molar-refractivity contribution in [2.45, 2.75) is 64.1 Å². The Morgan fingerprint density at radius 3 is 1.06 bits per heavy atom. The standard InChI is InChI=1S/C44H50N4O6/c1-27-35(41(51)45-25-31-19-11-5-12-20-31)37(27)43(53)47-33(23-29-15-7-3-8-16-29)39(49)40(50)34(24-30-17-9-4-10-18-30)48-44(54)38-28(2)36(38)42(52)46-26-32-21-13-6-14-22-32/h3-22,27-28,33-40,49-50H,23-26H2,1-2H3,(H,45,51)(H,46,52)(H,47,53)(H,48,54)/t27-,28+,33-,34-,35+,36?,37?,38+,39+,40+/m0/s1. The van der Waals surface area contributed by atoms with Crippen LogP contribution < -0.4 is 21.3 Å². The van der Waals surface area contributed by atoms with E-state index in [9.17, 15) is 29.4 Å². The normalized spacial score (nSPS) is 23.5. The molecule has 0 aromatic heterocycles. The monoisotopic (exact) mass is 730 g/mol. The molecular formula is C44H50N4O6. The maximum absolute atomic E-state index is 13.8. The second kappa shape index (κ2) is 17.7. The van der Waals surface area contributed by atoms with Crippen LogP contribution in [-0.4, -0.2) is 58.1 Å². The molecule has 0 spiro atoms. The van der Waals surface area contributed by atoms with Gasteiger partial charge in [0.15, 0.2) is 0 Å². The largest absolute Gasteiger partial charge is 0.388 e. The van der Waals surface area contributed by atoms with Gasteiger partial charge in [0.25, 0.3) is 0 Å². The fraction of sp³-hybridized carbons (Fsp3) is 0.364. The number of aliphatic hydroxyl groups excluding tert-OH is 2. The zero-order chi connectivity index (χ0) is 38.2. The molecule has 10 heteroatoms. The number of hydrogen-bond donors (Lipinski definition) is 6. The molecule has 6 rings (SSSR count). The second-order valence-corrected chi connectivity index (χ2v) is 14.8. The molecule has 10 nitrogen and oxygen atoms in total. The Morgan fingerprint density at radius 2 is 0.741 bits per heavy atom. The molecule has 6 N–H and O–H groups in total. The van der Waals surface area contributed by atoms with E-state index in [4.69, 9.17) is 0 Å². The van der Waals surface area contributed by atoms with Gasteiger partial charge in [0.2, 0.25) is 23.6 Å². The number of rotatable bonds is 17. The third-order valence-electron chi connectivity index (χ3n) is 11.0. The fourth-order valence-electron chi connectivity index (χ4n) is 7.62. The molecule has 2 aliphatic rings. The molecule has 0 radical (unpaired) electrons. The molecule has 282 valence electrons. The van der Waals surface area contributed by atoms with Gasteiger partial charge in [-0.05, 0) is 46.9 Å². The summed E-state index contributed by atoms with van der Waals surface area (Å²) >= 11 is 0. The number of nitrogens with one attached hydrogen (secondary N) is 4. The van der Waals surface area contributed by atoms with E-state index in [1.54, 1.807) is 0 Å². The summed E-state index contributed by atoms with van der Waals surface area (Å²) in [6.07, 6.45) is -2.59. The number of amides is 4. The molecule has 2 fully saturated rings. The van der Waals surface area contributed by atoms with Gasteiger partial charge in [-0.2, -0.15) is 0 Å². The van der Waals surface area contributed by atoms with Gasteiger partial charge in [0.1, 0.15) is 12.2 Å². The zero-order valence-electron chi connectivity index (χ0n) is 30.7. The highest BCUT2D eigenvalue weighted by atomic mass is 16.3. The van der Waals surface area contributed by atoms with Crippen molar-refractivity contribution in [2.75, 3.05) is 0 Å². The molecule has 0 bridgehead atoms. The van der Waals surface area contributed by atoms with E-state index in [0.717, 1.165) is 22.3 Å². The summed E-state index contributed by atoms with van der Waals surface area (Å²) in [5.41, 5.74) is 3.57. The second-order valence-electron chi connectivity index (χ2n) is 14.8. The predicted molar refractivity (Wildman–Crippen MR) is 205 cm³/mol. The number of hydrogen-bond acceptors (Lipinski definition) is 6. The van der Waals surface area contributed by atoms with E-state index in [2.05, 4.69) is 21.3 Å². The topological polar surface area (TPSA) is 157 Å². The Balaban J connectivity index is 1.14. The van der Waals surface area contributed by atoms with Crippen LogP contribution in [0.3, 0.4) is 0 Å². The quantitative estimate of drug-likeness (QED) is 0.0977. The van der Waals surface area contributed by atoms with E-state index < -0.39 is 48.0 Å². The fourth-order valence-corrected chi connectivity index (χ4v) is 7.62. The van der Waals surface area contributed by atoms with Crippen LogP contribution in [0.5, 0.6) is 0 Å². The summed E-state index contributed by atoms with van der Waals surface area (Å²) in [5.74, 6) is -3.81. The van der Waals surface area contributed by atoms with Gasteiger partial charge in [-0.25, -0.2) is 0 Å². The van der Waals surface area contributed by atoms with E-state index in [0.29, 0.717) is 13.1 Å². The van der Waals surface area contributed by atoms with Crippen LogP contribution in [0.25, 0.3) is 0 Å². The summed E-state index contributed by atoms with van der Waals surface area (Å²) in [6.45, 7) is 4.42. The summed E-state index contributed by atoms with van der Waals surface area (Å²) in [5, 5.41) is 35.5. The van der Waals surface area contributed by atoms with Crippen molar-refractivity contribution in [3.8, 4) is 0 Å². The zero-order valence-corrected chi connectivity index (χ0v) is 30.7. The van der Waals surface area contributed by atoms with Gasteiger partial charge in [-0.15, -0.1) is 0 Å². The lowest BCUT2D eigenvalue weighted by Gasteiger charge is -2.33. The molecule has 0 aliphatic heterocycles. The highest BCUT2D eigenvalue weighted by molar-refractivity contribution is 5.94. The molecule has 2 unspecified atom stereocenters. The van der Waals surface area contributed by atoms with Crippen molar-refractivity contribution in [1.82, 2.24) is 21.3 Å². The molecule has 4 aromatic rings. The van der Waals surface area contributed by atoms with Gasteiger partial charge in [0, 0.05) is 13.1 Å². The highest BCUT2D eigenvalue weighted by Gasteiger charge is 2.57. The van der Waals surface area contributed by atoms with Crippen molar-refractivity contribution < 1.29 is 29.4 Å². The molecular weight excluding hydrogens is 681 g/mol. The highest BCUT2D eigenvalue weighted by Crippen LogP contribution is 2.47. The lowest BCUT2D eigenvalue weighted by atomic mass is 9.90. The minimum Gasteiger partial charge on any atom is -0.388 e. The summed E-state index contributed by atoms with van der Waals surface area (Å²) < 4.78 is 0. The molecule has 10 atom stereocenters. The van der Waals surface area contributed by atoms with Crippen molar-refractivity contribution in [3.05, 3.63) is 144 Å². The van der Waals surface area contributed by atoms with Gasteiger partial charge >= 0.3 is 0 Å². The molecule has 0 heterocycles. The van der Waals surface area contributed by atoms with Crippen LogP contribution in [0.1, 0.15) is 36.1 Å². The molecule has 0 saturated heterocycles. The Labute approximate surface area is 316 Å². The molecule has 2 saturated carbocycles. The molecule has 4 amide bonds. The first-order valence-corrected chi connectivity index (χ1v) is 18.8. The van der Waals surface area contributed by atoms with Gasteiger partial charge in [-0.1, -0.05) is 135 Å². The van der Waals surface area contributed by atoms with Crippen molar-refractivity contribution in [3.63, 3.8) is 0 Å². The Kier molecular flexibility index (Phi) is 12.6. The molecule has 2 aliphatic carbocycles. The van der Waals surface area contributed by atoms with Crippen molar-refractivity contribution in [1.29, 1.82) is 0 Å². The first-order chi connectivity index (χ1) is 26.1. The average Bonchev–Trinajstić information content (AvgIpc) is 4.09. The van der Waals surface area contributed by atoms with Crippen LogP contribution in [0.2, 0.25) is 0 Å². The summed E-state index contributed by atoms with van der Waals surface area (Å²) in [6, 6.07) is 35.8. The first kappa shape index (κ1) is 38.4. The van der Waals surface area contributed by atoms with Gasteiger partial charge in [-0.3, -0.25) is 19.2 Å². The van der Waals surface area contributed by atoms with Crippen LogP contribution in [-0.2, 0) is 45.1 Å². The predicted octanol–water partition coefficient (Wildman–Crippen LogP) is 3.56. The van der Waals surface area contributed by atoms with Crippen LogP contribution in [0.4, 0.5) is 0 Å². The molecule has 4 aromatic carbocycles. The maximum atomic E-state index is 13.8. The maximum Gasteiger partial charge on any atom is 0.224 e. The van der Waals surface area contributed by atoms with Gasteiger partial charge in [0.05, 0.1) is 35.8 Å². The van der Waals surface area contributed by atoms with Crippen molar-refractivity contribution >= 4 is 23.6 Å². The number of carbonyl (C=O) groups is 4. The lowest BCUT2D eigenvalue weighted by molar-refractivity contribution is -0.130. The number of carbonyl (C=O) groups excluding carboxylic acids is 4. The third-order valence-corrected chi connectivity index (χ3v) is 11.0. The van der Waals surface area contributed by atoms with E-state index in [1.165, 1.54) is 0 Å². The van der Waals surface area contributed by atoms with Gasteiger partial charge < -0.3 is 31.5 Å². The lowest BCUT2D eigenvalue weighted by Crippen LogP contribution is -2.57. The third kappa shape index (κ3) is 9.61. The number of aliphatic hydroxyl groups is 2. The number of benzene rings is 4. The van der Waals surface area contributed by atoms with Crippen LogP contribution >= 0.6 is 0 Å². The van der Waals surface area contributed by atoms with Crippen molar-refractivity contribution in [2.24, 2.45) is 35.5 Å². The molecule has 54 heavy (non-hydrogen) atoms. The minimum atomic E-state index is -1.50. The Hall–Kier alpha value is -5.32. The Bertz CT molecular complexity index is 1720. The average molecular weight is 731 g/mol. The van der Waals surface area contributed by atoms with Crippen LogP contribution in [0, 0.1) is 35.5 Å². The van der Waals surface area contributed by atoms with Crippen LogP contribution in [0.15, 0.2) is 121 Å². The SMILES string of the molecule is C[C@@H]1C(C(=O)N[C@@H](Cc2ccccc2)[C@@H](O)[C@H](O)[C@H](Cc2ccccc2)NC(=O)[C@H]2C(C(=O)NCc3ccccc3)[C@H]2C)[C@@H]1C(=O)NCc1ccccc1. The Morgan fingerprint density at radius 1 is 0.463 bits per heavy atom. The first-order valence-electron chi connectivity index (χ1n) is 18.8.